The summed E-state index contributed by atoms with van der Waals surface area (Å²) in [4.78, 5) is 12.6. The van der Waals surface area contributed by atoms with Gasteiger partial charge < -0.3 is 4.74 Å². The Bertz CT molecular complexity index is 915. The Morgan fingerprint density at radius 2 is 1.70 bits per heavy atom. The van der Waals surface area contributed by atoms with E-state index in [-0.39, 0.29) is 5.91 Å². The van der Waals surface area contributed by atoms with Gasteiger partial charge in [-0.2, -0.15) is 0 Å². The second-order valence-corrected chi connectivity index (χ2v) is 7.58. The van der Waals surface area contributed by atoms with Crippen molar-refractivity contribution in [3.8, 4) is 16.3 Å². The van der Waals surface area contributed by atoms with Gasteiger partial charge in [0.2, 0.25) is 5.13 Å². The molecule has 0 spiro atoms. The molecule has 0 aliphatic rings. The molecule has 3 aromatic rings. The van der Waals surface area contributed by atoms with E-state index in [4.69, 9.17) is 4.74 Å². The number of nitrogens with zero attached hydrogens (tertiary/aromatic N) is 2. The fourth-order valence-electron chi connectivity index (χ4n) is 2.76. The van der Waals surface area contributed by atoms with Crippen LogP contribution in [0, 0.1) is 20.8 Å². The lowest BCUT2D eigenvalue weighted by Crippen LogP contribution is -2.32. The van der Waals surface area contributed by atoms with E-state index in [0.717, 1.165) is 21.7 Å². The van der Waals surface area contributed by atoms with Gasteiger partial charge in [-0.1, -0.05) is 54.2 Å². The maximum Gasteiger partial charge on any atom is 0.267 e. The van der Waals surface area contributed by atoms with Crippen molar-refractivity contribution in [2.75, 3.05) is 5.32 Å². The van der Waals surface area contributed by atoms with Crippen LogP contribution in [0.15, 0.2) is 42.5 Å². The third kappa shape index (κ3) is 4.92. The highest BCUT2D eigenvalue weighted by molar-refractivity contribution is 7.18. The number of carbonyl (C=O) groups excluding carboxylic acids is 1. The molecule has 6 heteroatoms. The number of ether oxygens (including phenoxy) is 1. The Kier molecular flexibility index (Phi) is 5.86. The Labute approximate surface area is 163 Å². The Hall–Kier alpha value is -2.73. The summed E-state index contributed by atoms with van der Waals surface area (Å²) in [6.45, 7) is 7.98. The van der Waals surface area contributed by atoms with E-state index in [9.17, 15) is 4.79 Å². The number of benzene rings is 2. The number of nitrogens with one attached hydrogen (secondary N) is 1. The van der Waals surface area contributed by atoms with E-state index < -0.39 is 6.10 Å². The van der Waals surface area contributed by atoms with Crippen LogP contribution in [0.4, 0.5) is 5.13 Å². The molecule has 0 radical (unpaired) electrons. The molecule has 0 saturated heterocycles. The summed E-state index contributed by atoms with van der Waals surface area (Å²) in [7, 11) is 0. The number of aryl methyl sites for hydroxylation is 3. The highest BCUT2D eigenvalue weighted by Crippen LogP contribution is 2.27. The van der Waals surface area contributed by atoms with Gasteiger partial charge in [0, 0.05) is 5.56 Å². The molecule has 1 N–H and O–H groups in total. The number of hydrogen-bond donors (Lipinski definition) is 1. The highest BCUT2D eigenvalue weighted by atomic mass is 32.1. The molecule has 5 nitrogen and oxygen atoms in total. The quantitative estimate of drug-likeness (QED) is 0.658. The lowest BCUT2D eigenvalue weighted by Gasteiger charge is -2.17. The normalized spacial score (nSPS) is 11.9. The number of aromatic nitrogens is 2. The summed E-state index contributed by atoms with van der Waals surface area (Å²) in [5, 5.41) is 12.3. The highest BCUT2D eigenvalue weighted by Gasteiger charge is 2.20. The predicted octanol–water partition coefficient (Wildman–Crippen LogP) is 4.93. The average molecular weight is 382 g/mol. The van der Waals surface area contributed by atoms with Gasteiger partial charge in [-0.05, 0) is 50.5 Å². The molecule has 2 aromatic carbocycles. The summed E-state index contributed by atoms with van der Waals surface area (Å²) < 4.78 is 5.91. The second kappa shape index (κ2) is 8.31. The lowest BCUT2D eigenvalue weighted by atomic mass is 10.1. The fraction of sp³-hybridized carbons (Fsp3) is 0.286. The third-order valence-electron chi connectivity index (χ3n) is 4.09. The summed E-state index contributed by atoms with van der Waals surface area (Å²) >= 11 is 1.35. The van der Waals surface area contributed by atoms with Gasteiger partial charge in [0.05, 0.1) is 0 Å². The van der Waals surface area contributed by atoms with Crippen molar-refractivity contribution < 1.29 is 9.53 Å². The number of amides is 1. The van der Waals surface area contributed by atoms with E-state index >= 15 is 0 Å². The minimum absolute atomic E-state index is 0.219. The van der Waals surface area contributed by atoms with Crippen molar-refractivity contribution in [3.05, 3.63) is 59.2 Å². The van der Waals surface area contributed by atoms with Crippen molar-refractivity contribution in [1.82, 2.24) is 10.2 Å². The molecular weight excluding hydrogens is 358 g/mol. The SMILES string of the molecule is CCC(Oc1cc(C)cc(C)c1)C(=O)Nc1nnc(-c2ccc(C)cc2)s1. The zero-order valence-corrected chi connectivity index (χ0v) is 16.8. The summed E-state index contributed by atoms with van der Waals surface area (Å²) in [5.74, 6) is 0.482. The molecule has 27 heavy (non-hydrogen) atoms. The summed E-state index contributed by atoms with van der Waals surface area (Å²) in [6, 6.07) is 14.0. The molecule has 140 valence electrons. The predicted molar refractivity (Wildman–Crippen MR) is 109 cm³/mol. The first-order valence-electron chi connectivity index (χ1n) is 8.91. The van der Waals surface area contributed by atoms with Crippen LogP contribution in [0.2, 0.25) is 0 Å². The van der Waals surface area contributed by atoms with Crippen LogP contribution in [-0.2, 0) is 4.79 Å². The van der Waals surface area contributed by atoms with Gasteiger partial charge >= 0.3 is 0 Å². The van der Waals surface area contributed by atoms with Crippen molar-refractivity contribution in [2.45, 2.75) is 40.2 Å². The van der Waals surface area contributed by atoms with E-state index in [1.807, 2.05) is 64.1 Å². The van der Waals surface area contributed by atoms with Gasteiger partial charge in [0.25, 0.3) is 5.91 Å². The van der Waals surface area contributed by atoms with Gasteiger partial charge in [-0.25, -0.2) is 0 Å². The first-order chi connectivity index (χ1) is 12.9. The van der Waals surface area contributed by atoms with Crippen molar-refractivity contribution in [1.29, 1.82) is 0 Å². The molecule has 1 atom stereocenters. The molecule has 0 fully saturated rings. The van der Waals surface area contributed by atoms with E-state index in [2.05, 4.69) is 21.6 Å². The zero-order chi connectivity index (χ0) is 19.4. The van der Waals surface area contributed by atoms with E-state index in [1.165, 1.54) is 16.9 Å². The Morgan fingerprint density at radius 3 is 2.33 bits per heavy atom. The largest absolute Gasteiger partial charge is 0.481 e. The molecule has 0 aliphatic carbocycles. The van der Waals surface area contributed by atoms with Crippen LogP contribution in [0.5, 0.6) is 5.75 Å². The number of hydrogen-bond acceptors (Lipinski definition) is 5. The first-order valence-corrected chi connectivity index (χ1v) is 9.72. The minimum Gasteiger partial charge on any atom is -0.481 e. The van der Waals surface area contributed by atoms with Crippen LogP contribution in [0.3, 0.4) is 0 Å². The standard InChI is InChI=1S/C21H23N3O2S/c1-5-18(26-17-11-14(3)10-15(4)12-17)19(25)22-21-24-23-20(27-21)16-8-6-13(2)7-9-16/h6-12,18H,5H2,1-4H3,(H,22,24,25). The molecule has 0 aliphatic heterocycles. The Balaban J connectivity index is 1.69. The smallest absolute Gasteiger partial charge is 0.267 e. The molecular formula is C21H23N3O2S. The fourth-order valence-corrected chi connectivity index (χ4v) is 3.51. The third-order valence-corrected chi connectivity index (χ3v) is 4.98. The molecule has 1 aromatic heterocycles. The van der Waals surface area contributed by atoms with Crippen molar-refractivity contribution >= 4 is 22.4 Å². The molecule has 0 saturated carbocycles. The van der Waals surface area contributed by atoms with Gasteiger partial charge in [-0.15, -0.1) is 10.2 Å². The molecule has 1 unspecified atom stereocenters. The van der Waals surface area contributed by atoms with E-state index in [0.29, 0.717) is 17.3 Å². The lowest BCUT2D eigenvalue weighted by molar-refractivity contribution is -0.122. The molecule has 3 rings (SSSR count). The molecule has 1 amide bonds. The van der Waals surface area contributed by atoms with Crippen molar-refractivity contribution in [2.24, 2.45) is 0 Å². The van der Waals surface area contributed by atoms with E-state index in [1.54, 1.807) is 0 Å². The topological polar surface area (TPSA) is 64.1 Å². The zero-order valence-electron chi connectivity index (χ0n) is 15.9. The summed E-state index contributed by atoms with van der Waals surface area (Å²) in [5.41, 5.74) is 4.38. The van der Waals surface area contributed by atoms with Crippen LogP contribution in [-0.4, -0.2) is 22.2 Å². The van der Waals surface area contributed by atoms with Crippen LogP contribution >= 0.6 is 11.3 Å². The minimum atomic E-state index is -0.585. The molecule has 0 bridgehead atoms. The second-order valence-electron chi connectivity index (χ2n) is 6.61. The monoisotopic (exact) mass is 381 g/mol. The average Bonchev–Trinajstić information content (AvgIpc) is 3.07. The van der Waals surface area contributed by atoms with Gasteiger partial charge in [-0.3, -0.25) is 10.1 Å². The number of carbonyl (C=O) groups is 1. The first kappa shape index (κ1) is 19.0. The van der Waals surface area contributed by atoms with Crippen molar-refractivity contribution in [3.63, 3.8) is 0 Å². The Morgan fingerprint density at radius 1 is 1.04 bits per heavy atom. The number of rotatable bonds is 6. The summed E-state index contributed by atoms with van der Waals surface area (Å²) in [6.07, 6.45) is -0.0273. The van der Waals surface area contributed by atoms with Crippen LogP contribution in [0.25, 0.3) is 10.6 Å². The van der Waals surface area contributed by atoms with Gasteiger partial charge in [0.1, 0.15) is 10.8 Å². The number of anilines is 1. The maximum atomic E-state index is 12.6. The van der Waals surface area contributed by atoms with Crippen LogP contribution in [0.1, 0.15) is 30.0 Å². The maximum absolute atomic E-state index is 12.6. The van der Waals surface area contributed by atoms with Crippen LogP contribution < -0.4 is 10.1 Å². The molecule has 1 heterocycles. The van der Waals surface area contributed by atoms with Gasteiger partial charge in [0.15, 0.2) is 6.10 Å².